The molecule has 0 aliphatic rings. The van der Waals surface area contributed by atoms with Gasteiger partial charge in [0.15, 0.2) is 6.10 Å². The number of carbonyl (C=O) groups is 2. The van der Waals surface area contributed by atoms with Crippen LogP contribution < -0.4 is 15.6 Å². The van der Waals surface area contributed by atoms with Gasteiger partial charge in [-0.3, -0.25) is 20.4 Å². The van der Waals surface area contributed by atoms with Crippen LogP contribution in [0.3, 0.4) is 0 Å². The van der Waals surface area contributed by atoms with E-state index < -0.39 is 29.6 Å². The largest absolute Gasteiger partial charge is 0.481 e. The highest BCUT2D eigenvalue weighted by Crippen LogP contribution is 2.13. The van der Waals surface area contributed by atoms with E-state index in [-0.39, 0.29) is 5.56 Å². The average Bonchev–Trinajstić information content (AvgIpc) is 2.60. The average molecular weight is 346 g/mol. The first-order chi connectivity index (χ1) is 12.0. The Morgan fingerprint density at radius 2 is 1.72 bits per heavy atom. The van der Waals surface area contributed by atoms with Crippen LogP contribution >= 0.6 is 0 Å². The molecule has 2 aromatic rings. The highest BCUT2D eigenvalue weighted by atomic mass is 19.1. The molecule has 0 radical (unpaired) electrons. The van der Waals surface area contributed by atoms with E-state index in [1.54, 1.807) is 6.07 Å². The van der Waals surface area contributed by atoms with Crippen LogP contribution in [0.25, 0.3) is 6.08 Å². The number of nitrogens with one attached hydrogen (secondary N) is 2. The number of hydrogen-bond acceptors (Lipinski definition) is 3. The molecule has 5 nitrogen and oxygen atoms in total. The number of rotatable bonds is 5. The van der Waals surface area contributed by atoms with Crippen molar-refractivity contribution >= 4 is 17.9 Å². The van der Waals surface area contributed by atoms with Crippen molar-refractivity contribution in [2.45, 2.75) is 13.0 Å². The second-order valence-corrected chi connectivity index (χ2v) is 5.05. The van der Waals surface area contributed by atoms with Crippen LogP contribution in [-0.2, 0) is 9.59 Å². The quantitative estimate of drug-likeness (QED) is 0.646. The van der Waals surface area contributed by atoms with Crippen LogP contribution in [0.2, 0.25) is 0 Å². The molecule has 2 aromatic carbocycles. The Balaban J connectivity index is 1.81. The van der Waals surface area contributed by atoms with Crippen molar-refractivity contribution in [3.63, 3.8) is 0 Å². The highest BCUT2D eigenvalue weighted by molar-refractivity contribution is 5.93. The van der Waals surface area contributed by atoms with Crippen molar-refractivity contribution < 1.29 is 23.1 Å². The number of benzene rings is 2. The molecular weight excluding hydrogens is 330 g/mol. The van der Waals surface area contributed by atoms with Crippen molar-refractivity contribution in [1.82, 2.24) is 10.9 Å². The Labute approximate surface area is 143 Å². The first kappa shape index (κ1) is 18.1. The minimum atomic E-state index is -0.915. The summed E-state index contributed by atoms with van der Waals surface area (Å²) < 4.78 is 31.5. The predicted molar refractivity (Wildman–Crippen MR) is 88.2 cm³/mol. The number of hydrazine groups is 1. The van der Waals surface area contributed by atoms with Crippen molar-refractivity contribution in [1.29, 1.82) is 0 Å². The third kappa shape index (κ3) is 5.72. The molecule has 0 spiro atoms. The van der Waals surface area contributed by atoms with Crippen LogP contribution in [0.15, 0.2) is 54.6 Å². The van der Waals surface area contributed by atoms with Crippen LogP contribution in [0.4, 0.5) is 8.78 Å². The normalized spacial score (nSPS) is 11.8. The molecule has 0 heterocycles. The van der Waals surface area contributed by atoms with Crippen molar-refractivity contribution in [3.05, 3.63) is 71.8 Å². The maximum Gasteiger partial charge on any atom is 0.279 e. The summed E-state index contributed by atoms with van der Waals surface area (Å²) in [5.74, 6) is -1.80. The third-order valence-corrected chi connectivity index (χ3v) is 3.12. The van der Waals surface area contributed by atoms with Gasteiger partial charge < -0.3 is 4.74 Å². The summed E-state index contributed by atoms with van der Waals surface area (Å²) >= 11 is 0. The number of hydrogen-bond donors (Lipinski definition) is 2. The van der Waals surface area contributed by atoms with Crippen LogP contribution in [0, 0.1) is 11.6 Å². The topological polar surface area (TPSA) is 67.4 Å². The Kier molecular flexibility index (Phi) is 6.22. The summed E-state index contributed by atoms with van der Waals surface area (Å²) in [5.41, 5.74) is 4.59. The summed E-state index contributed by atoms with van der Waals surface area (Å²) in [7, 11) is 0. The number of amides is 2. The molecule has 0 aliphatic heterocycles. The molecule has 1 unspecified atom stereocenters. The molecule has 1 atom stereocenters. The monoisotopic (exact) mass is 346 g/mol. The fraction of sp³-hybridized carbons (Fsp3) is 0.111. The van der Waals surface area contributed by atoms with Gasteiger partial charge in [0.1, 0.15) is 17.4 Å². The van der Waals surface area contributed by atoms with E-state index in [9.17, 15) is 18.4 Å². The number of halogens is 2. The zero-order valence-electron chi connectivity index (χ0n) is 13.3. The fourth-order valence-corrected chi connectivity index (χ4v) is 1.81. The Morgan fingerprint density at radius 3 is 2.40 bits per heavy atom. The highest BCUT2D eigenvalue weighted by Gasteiger charge is 2.14. The van der Waals surface area contributed by atoms with Crippen LogP contribution in [0.1, 0.15) is 12.5 Å². The predicted octanol–water partition coefficient (Wildman–Crippen LogP) is 2.59. The Morgan fingerprint density at radius 1 is 1.04 bits per heavy atom. The molecule has 7 heteroatoms. The summed E-state index contributed by atoms with van der Waals surface area (Å²) in [6.45, 7) is 1.47. The van der Waals surface area contributed by atoms with Gasteiger partial charge in [-0.2, -0.15) is 0 Å². The molecule has 0 aliphatic carbocycles. The van der Waals surface area contributed by atoms with Gasteiger partial charge in [-0.1, -0.05) is 18.2 Å². The van der Waals surface area contributed by atoms with Gasteiger partial charge in [0.2, 0.25) is 0 Å². The van der Waals surface area contributed by atoms with Crippen molar-refractivity contribution in [2.75, 3.05) is 0 Å². The second-order valence-electron chi connectivity index (χ2n) is 5.05. The van der Waals surface area contributed by atoms with Crippen LogP contribution in [0.5, 0.6) is 5.75 Å². The maximum atomic E-state index is 13.4. The molecule has 2 N–H and O–H groups in total. The van der Waals surface area contributed by atoms with Gasteiger partial charge in [0.05, 0.1) is 0 Å². The van der Waals surface area contributed by atoms with Crippen molar-refractivity contribution in [2.24, 2.45) is 0 Å². The first-order valence-corrected chi connectivity index (χ1v) is 7.40. The van der Waals surface area contributed by atoms with Gasteiger partial charge in [0, 0.05) is 11.6 Å². The molecule has 2 rings (SSSR count). The van der Waals surface area contributed by atoms with E-state index in [0.29, 0.717) is 5.75 Å². The summed E-state index contributed by atoms with van der Waals surface area (Å²) in [6, 6.07) is 11.1. The zero-order chi connectivity index (χ0) is 18.2. The molecule has 0 fully saturated rings. The maximum absolute atomic E-state index is 13.4. The van der Waals surface area contributed by atoms with E-state index in [0.717, 1.165) is 6.08 Å². The van der Waals surface area contributed by atoms with E-state index in [2.05, 4.69) is 10.9 Å². The summed E-state index contributed by atoms with van der Waals surface area (Å²) in [6.07, 6.45) is 1.46. The lowest BCUT2D eigenvalue weighted by atomic mass is 10.2. The molecule has 0 saturated carbocycles. The molecule has 130 valence electrons. The molecular formula is C18H16F2N2O3. The van der Waals surface area contributed by atoms with E-state index >= 15 is 0 Å². The lowest BCUT2D eigenvalue weighted by Gasteiger charge is -2.14. The summed E-state index contributed by atoms with van der Waals surface area (Å²) in [4.78, 5) is 23.5. The van der Waals surface area contributed by atoms with Crippen LogP contribution in [-0.4, -0.2) is 17.9 Å². The molecule has 25 heavy (non-hydrogen) atoms. The molecule has 0 saturated heterocycles. The smallest absolute Gasteiger partial charge is 0.279 e. The summed E-state index contributed by atoms with van der Waals surface area (Å²) in [5, 5.41) is 0. The van der Waals surface area contributed by atoms with Gasteiger partial charge in [-0.25, -0.2) is 8.78 Å². The number of carbonyl (C=O) groups excluding carboxylic acids is 2. The SMILES string of the molecule is CC(Oc1ccc(F)cc1)C(=O)NNC(=O)/C=C/c1ccccc1F. The van der Waals surface area contributed by atoms with E-state index in [4.69, 9.17) is 4.74 Å². The van der Waals surface area contributed by atoms with E-state index in [1.165, 1.54) is 55.5 Å². The molecule has 0 bridgehead atoms. The van der Waals surface area contributed by atoms with Gasteiger partial charge in [-0.15, -0.1) is 0 Å². The molecule has 2 amide bonds. The fourth-order valence-electron chi connectivity index (χ4n) is 1.81. The standard InChI is InChI=1S/C18H16F2N2O3/c1-12(25-15-9-7-14(19)8-10-15)18(24)22-21-17(23)11-6-13-4-2-3-5-16(13)20/h2-12H,1H3,(H,21,23)(H,22,24)/b11-6+. The lowest BCUT2D eigenvalue weighted by molar-refractivity contribution is -0.131. The minimum absolute atomic E-state index is 0.247. The first-order valence-electron chi connectivity index (χ1n) is 7.40. The number of ether oxygens (including phenoxy) is 1. The van der Waals surface area contributed by atoms with E-state index in [1.807, 2.05) is 0 Å². The Bertz CT molecular complexity index is 776. The minimum Gasteiger partial charge on any atom is -0.481 e. The van der Waals surface area contributed by atoms with Gasteiger partial charge >= 0.3 is 0 Å². The lowest BCUT2D eigenvalue weighted by Crippen LogP contribution is -2.46. The van der Waals surface area contributed by atoms with Crippen molar-refractivity contribution in [3.8, 4) is 5.75 Å². The Hall–Kier alpha value is -3.22. The third-order valence-electron chi connectivity index (χ3n) is 3.12. The van der Waals surface area contributed by atoms with Gasteiger partial charge in [-0.05, 0) is 43.3 Å². The molecule has 0 aromatic heterocycles. The second kappa shape index (κ2) is 8.58. The zero-order valence-corrected chi connectivity index (χ0v) is 13.3. The van der Waals surface area contributed by atoms with Gasteiger partial charge in [0.25, 0.3) is 11.8 Å².